The Bertz CT molecular complexity index is 452. The molecule has 0 saturated heterocycles. The molecule has 1 atom stereocenters. The van der Waals surface area contributed by atoms with Crippen molar-refractivity contribution in [3.63, 3.8) is 0 Å². The molecule has 1 N–H and O–H groups in total. The van der Waals surface area contributed by atoms with Gasteiger partial charge in [0.25, 0.3) is 0 Å². The summed E-state index contributed by atoms with van der Waals surface area (Å²) in [6.07, 6.45) is 3.28. The summed E-state index contributed by atoms with van der Waals surface area (Å²) in [7, 11) is 0. The van der Waals surface area contributed by atoms with Gasteiger partial charge in [-0.3, -0.25) is 4.79 Å². The quantitative estimate of drug-likeness (QED) is 0.881. The van der Waals surface area contributed by atoms with Gasteiger partial charge in [0.15, 0.2) is 0 Å². The first-order valence-corrected chi connectivity index (χ1v) is 7.38. The third kappa shape index (κ3) is 6.19. The Morgan fingerprint density at radius 1 is 1.47 bits per heavy atom. The van der Waals surface area contributed by atoms with E-state index in [9.17, 15) is 4.79 Å². The lowest BCUT2D eigenvalue weighted by Crippen LogP contribution is -2.19. The maximum atomic E-state index is 11.9. The maximum absolute atomic E-state index is 11.9. The van der Waals surface area contributed by atoms with Crippen LogP contribution in [0.15, 0.2) is 16.7 Å². The van der Waals surface area contributed by atoms with E-state index < -0.39 is 0 Å². The molecule has 0 aliphatic carbocycles. The van der Waals surface area contributed by atoms with Crippen LogP contribution in [0.1, 0.15) is 46.1 Å². The normalized spacial score (nSPS) is 13.2. The minimum atomic E-state index is 0.0333. The van der Waals surface area contributed by atoms with Crippen molar-refractivity contribution in [1.82, 2.24) is 4.98 Å². The molecular weight excluding hydrogens is 304 g/mol. The molecule has 0 fully saturated rings. The second kappa shape index (κ2) is 6.51. The molecule has 19 heavy (non-hydrogen) atoms. The van der Waals surface area contributed by atoms with Gasteiger partial charge in [-0.05, 0) is 52.2 Å². The molecule has 0 radical (unpaired) electrons. The smallest absolute Gasteiger partial charge is 0.225 e. The molecule has 0 saturated carbocycles. The monoisotopic (exact) mass is 326 g/mol. The van der Waals surface area contributed by atoms with E-state index in [0.717, 1.165) is 16.5 Å². The molecule has 0 aliphatic heterocycles. The van der Waals surface area contributed by atoms with Crippen molar-refractivity contribution in [3.8, 4) is 0 Å². The Balaban J connectivity index is 2.53. The molecule has 1 rings (SSSR count). The molecule has 106 valence electrons. The van der Waals surface area contributed by atoms with E-state index in [1.807, 2.05) is 13.0 Å². The van der Waals surface area contributed by atoms with Gasteiger partial charge in [0.05, 0.1) is 0 Å². The van der Waals surface area contributed by atoms with Gasteiger partial charge in [0.1, 0.15) is 5.82 Å². The first-order valence-electron chi connectivity index (χ1n) is 6.59. The summed E-state index contributed by atoms with van der Waals surface area (Å²) in [6, 6.07) is 1.87. The van der Waals surface area contributed by atoms with Crippen LogP contribution in [0.2, 0.25) is 0 Å². The van der Waals surface area contributed by atoms with E-state index in [1.165, 1.54) is 0 Å². The van der Waals surface area contributed by atoms with Gasteiger partial charge in [-0.15, -0.1) is 0 Å². The second-order valence-corrected chi connectivity index (χ2v) is 7.30. The first-order chi connectivity index (χ1) is 8.67. The largest absolute Gasteiger partial charge is 0.311 e. The number of halogens is 1. The van der Waals surface area contributed by atoms with E-state index in [1.54, 1.807) is 6.20 Å². The van der Waals surface area contributed by atoms with Crippen LogP contribution in [0.3, 0.4) is 0 Å². The molecule has 0 spiro atoms. The zero-order valence-electron chi connectivity index (χ0n) is 12.4. The lowest BCUT2D eigenvalue weighted by atomic mass is 9.84. The highest BCUT2D eigenvalue weighted by molar-refractivity contribution is 9.10. The number of carbonyl (C=O) groups excluding carboxylic acids is 1. The summed E-state index contributed by atoms with van der Waals surface area (Å²) in [5.41, 5.74) is 1.32. The van der Waals surface area contributed by atoms with Crippen molar-refractivity contribution in [1.29, 1.82) is 0 Å². The topological polar surface area (TPSA) is 42.0 Å². The Labute approximate surface area is 124 Å². The molecule has 1 unspecified atom stereocenters. The predicted octanol–water partition coefficient (Wildman–Crippen LogP) is 4.55. The summed E-state index contributed by atoms with van der Waals surface area (Å²) in [5, 5.41) is 2.86. The molecular formula is C15H23BrN2O. The molecule has 3 nitrogen and oxygen atoms in total. The molecule has 1 aromatic heterocycles. The van der Waals surface area contributed by atoms with Crippen LogP contribution >= 0.6 is 15.9 Å². The number of anilines is 1. The van der Waals surface area contributed by atoms with E-state index in [-0.39, 0.29) is 11.3 Å². The number of hydrogen-bond acceptors (Lipinski definition) is 2. The lowest BCUT2D eigenvalue weighted by Gasteiger charge is -2.22. The number of amides is 1. The highest BCUT2D eigenvalue weighted by Gasteiger charge is 2.18. The molecule has 1 amide bonds. The average Bonchev–Trinajstić information content (AvgIpc) is 2.20. The Morgan fingerprint density at radius 3 is 2.63 bits per heavy atom. The maximum Gasteiger partial charge on any atom is 0.225 e. The number of pyridine rings is 1. The number of aryl methyl sites for hydroxylation is 1. The average molecular weight is 327 g/mol. The highest BCUT2D eigenvalue weighted by Crippen LogP contribution is 2.26. The third-order valence-corrected chi connectivity index (χ3v) is 3.64. The van der Waals surface area contributed by atoms with Crippen molar-refractivity contribution in [2.24, 2.45) is 11.3 Å². The second-order valence-electron chi connectivity index (χ2n) is 6.44. The van der Waals surface area contributed by atoms with Crippen LogP contribution in [0.5, 0.6) is 0 Å². The number of nitrogens with zero attached hydrogens (tertiary/aromatic N) is 1. The summed E-state index contributed by atoms with van der Waals surface area (Å²) in [4.78, 5) is 16.1. The van der Waals surface area contributed by atoms with E-state index in [2.05, 4.69) is 53.9 Å². The first kappa shape index (κ1) is 16.2. The van der Waals surface area contributed by atoms with Gasteiger partial charge in [-0.25, -0.2) is 4.98 Å². The Kier molecular flexibility index (Phi) is 5.53. The van der Waals surface area contributed by atoms with Crippen molar-refractivity contribution >= 4 is 27.7 Å². The van der Waals surface area contributed by atoms with Gasteiger partial charge in [-0.1, -0.05) is 27.7 Å². The standard InChI is InChI=1S/C15H23BrN2O/c1-10(8-15(3,4)5)6-14(19)18-13-7-11(2)12(16)9-17-13/h7,9-10H,6,8H2,1-5H3,(H,17,18,19). The summed E-state index contributed by atoms with van der Waals surface area (Å²) in [5.74, 6) is 1.02. The van der Waals surface area contributed by atoms with Gasteiger partial charge in [0.2, 0.25) is 5.91 Å². The number of nitrogens with one attached hydrogen (secondary N) is 1. The summed E-state index contributed by atoms with van der Waals surface area (Å²) >= 11 is 3.39. The van der Waals surface area contributed by atoms with Crippen LogP contribution in [-0.2, 0) is 4.79 Å². The summed E-state index contributed by atoms with van der Waals surface area (Å²) < 4.78 is 0.951. The van der Waals surface area contributed by atoms with Gasteiger partial charge < -0.3 is 5.32 Å². The lowest BCUT2D eigenvalue weighted by molar-refractivity contribution is -0.117. The fraction of sp³-hybridized carbons (Fsp3) is 0.600. The Morgan fingerprint density at radius 2 is 2.11 bits per heavy atom. The number of aromatic nitrogens is 1. The minimum Gasteiger partial charge on any atom is -0.311 e. The zero-order chi connectivity index (χ0) is 14.6. The fourth-order valence-electron chi connectivity index (χ4n) is 2.24. The van der Waals surface area contributed by atoms with Crippen LogP contribution in [0.25, 0.3) is 0 Å². The molecule has 1 aromatic rings. The van der Waals surface area contributed by atoms with Gasteiger partial charge in [-0.2, -0.15) is 0 Å². The van der Waals surface area contributed by atoms with Crippen LogP contribution in [0.4, 0.5) is 5.82 Å². The SMILES string of the molecule is Cc1cc(NC(=O)CC(C)CC(C)(C)C)ncc1Br. The van der Waals surface area contributed by atoms with Crippen LogP contribution in [-0.4, -0.2) is 10.9 Å². The fourth-order valence-corrected chi connectivity index (χ4v) is 2.45. The zero-order valence-corrected chi connectivity index (χ0v) is 14.0. The van der Waals surface area contributed by atoms with Crippen molar-refractivity contribution in [2.45, 2.75) is 47.5 Å². The van der Waals surface area contributed by atoms with Crippen molar-refractivity contribution in [3.05, 3.63) is 22.3 Å². The van der Waals surface area contributed by atoms with E-state index >= 15 is 0 Å². The van der Waals surface area contributed by atoms with E-state index in [0.29, 0.717) is 18.2 Å². The minimum absolute atomic E-state index is 0.0333. The molecule has 0 aliphatic rings. The highest BCUT2D eigenvalue weighted by atomic mass is 79.9. The summed E-state index contributed by atoms with van der Waals surface area (Å²) in [6.45, 7) is 10.7. The number of carbonyl (C=O) groups is 1. The number of hydrogen-bond donors (Lipinski definition) is 1. The van der Waals surface area contributed by atoms with E-state index in [4.69, 9.17) is 0 Å². The van der Waals surface area contributed by atoms with Crippen molar-refractivity contribution in [2.75, 3.05) is 5.32 Å². The van der Waals surface area contributed by atoms with Gasteiger partial charge >= 0.3 is 0 Å². The Hall–Kier alpha value is -0.900. The van der Waals surface area contributed by atoms with Crippen LogP contribution in [0, 0.1) is 18.3 Å². The molecule has 4 heteroatoms. The van der Waals surface area contributed by atoms with Gasteiger partial charge in [0, 0.05) is 17.1 Å². The van der Waals surface area contributed by atoms with Crippen LogP contribution < -0.4 is 5.32 Å². The third-order valence-electron chi connectivity index (χ3n) is 2.81. The molecule has 1 heterocycles. The number of rotatable bonds is 4. The molecule has 0 bridgehead atoms. The van der Waals surface area contributed by atoms with Crippen molar-refractivity contribution < 1.29 is 4.79 Å². The predicted molar refractivity (Wildman–Crippen MR) is 83.2 cm³/mol. The molecule has 0 aromatic carbocycles.